The average molecular weight is 208 g/mol. The largest absolute Gasteiger partial charge is 0.0654 e. The normalized spacial score (nSPS) is 53.4. The maximum absolute atomic E-state index is 2.54. The molecule has 0 radical (unpaired) electrons. The van der Waals surface area contributed by atoms with Crippen LogP contribution in [0, 0.1) is 34.0 Å². The van der Waals surface area contributed by atoms with E-state index in [0.717, 1.165) is 23.2 Å². The van der Waals surface area contributed by atoms with E-state index in [-0.39, 0.29) is 0 Å². The van der Waals surface area contributed by atoms with Gasteiger partial charge >= 0.3 is 0 Å². The first-order valence-corrected chi connectivity index (χ1v) is 6.74. The van der Waals surface area contributed by atoms with E-state index >= 15 is 0 Å². The van der Waals surface area contributed by atoms with Crippen LogP contribution in [0.15, 0.2) is 0 Å². The molecule has 0 bridgehead atoms. The molecule has 0 aromatic carbocycles. The Morgan fingerprint density at radius 3 is 2.00 bits per heavy atom. The topological polar surface area (TPSA) is 0 Å². The summed E-state index contributed by atoms with van der Waals surface area (Å²) in [6.07, 6.45) is 2.83. The molecule has 2 saturated carbocycles. The van der Waals surface area contributed by atoms with E-state index in [1.54, 1.807) is 0 Å². The van der Waals surface area contributed by atoms with E-state index in [0.29, 0.717) is 10.8 Å². The second kappa shape index (κ2) is 2.81. The van der Waals surface area contributed by atoms with Gasteiger partial charge in [-0.05, 0) is 40.4 Å². The van der Waals surface area contributed by atoms with Crippen LogP contribution >= 0.6 is 0 Å². The summed E-state index contributed by atoms with van der Waals surface area (Å²) in [6.45, 7) is 17.2. The average Bonchev–Trinajstić information content (AvgIpc) is 2.66. The lowest BCUT2D eigenvalue weighted by Gasteiger charge is -2.59. The van der Waals surface area contributed by atoms with Gasteiger partial charge in [-0.25, -0.2) is 0 Å². The molecule has 88 valence electrons. The van der Waals surface area contributed by atoms with Gasteiger partial charge in [-0.1, -0.05) is 54.9 Å². The molecule has 0 heterocycles. The predicted octanol–water partition coefficient (Wildman–Crippen LogP) is 4.74. The standard InChI is InChI=1S/C15H28/c1-8-9-15-10(2)12(15)14(7,11(15)3)13(4,5)6/h10-12H,8-9H2,1-7H3. The molecule has 15 heavy (non-hydrogen) atoms. The summed E-state index contributed by atoms with van der Waals surface area (Å²) < 4.78 is 0. The van der Waals surface area contributed by atoms with Gasteiger partial charge in [0.05, 0.1) is 0 Å². The highest BCUT2D eigenvalue weighted by Crippen LogP contribution is 2.87. The Kier molecular flexibility index (Phi) is 2.15. The Labute approximate surface area is 95.8 Å². The molecule has 0 saturated heterocycles. The summed E-state index contributed by atoms with van der Waals surface area (Å²) >= 11 is 0. The van der Waals surface area contributed by atoms with Gasteiger partial charge in [-0.2, -0.15) is 0 Å². The number of hydrogen-bond acceptors (Lipinski definition) is 0. The van der Waals surface area contributed by atoms with Crippen molar-refractivity contribution in [1.82, 2.24) is 0 Å². The van der Waals surface area contributed by atoms with Gasteiger partial charge in [0.2, 0.25) is 0 Å². The van der Waals surface area contributed by atoms with Gasteiger partial charge in [0.1, 0.15) is 0 Å². The van der Waals surface area contributed by atoms with E-state index in [4.69, 9.17) is 0 Å². The van der Waals surface area contributed by atoms with E-state index in [1.807, 2.05) is 0 Å². The molecule has 0 N–H and O–H groups in total. The van der Waals surface area contributed by atoms with E-state index in [2.05, 4.69) is 48.5 Å². The second-order valence-corrected chi connectivity index (χ2v) is 7.38. The van der Waals surface area contributed by atoms with Gasteiger partial charge in [-0.15, -0.1) is 0 Å². The molecule has 5 unspecified atom stereocenters. The Hall–Kier alpha value is 0. The fraction of sp³-hybridized carbons (Fsp3) is 1.00. The minimum absolute atomic E-state index is 0.471. The van der Waals surface area contributed by atoms with Crippen molar-refractivity contribution in [2.24, 2.45) is 34.0 Å². The van der Waals surface area contributed by atoms with E-state index in [9.17, 15) is 0 Å². The molecular weight excluding hydrogens is 180 g/mol. The minimum atomic E-state index is 0.471. The molecule has 0 aliphatic heterocycles. The number of rotatable bonds is 2. The minimum Gasteiger partial charge on any atom is -0.0654 e. The molecule has 2 rings (SSSR count). The smallest absolute Gasteiger partial charge is 0.0201 e. The number of fused-ring (bicyclic) bond motifs is 1. The Balaban J connectivity index is 2.25. The molecule has 0 aromatic heterocycles. The number of hydrogen-bond donors (Lipinski definition) is 0. The quantitative estimate of drug-likeness (QED) is 0.615. The van der Waals surface area contributed by atoms with Crippen LogP contribution < -0.4 is 0 Å². The SMILES string of the molecule is CCCC12C(C)C1C(C)(C(C)(C)C)C2C. The van der Waals surface area contributed by atoms with Crippen molar-refractivity contribution in [1.29, 1.82) is 0 Å². The lowest BCUT2D eigenvalue weighted by Crippen LogP contribution is -2.53. The highest BCUT2D eigenvalue weighted by atomic mass is 14.9. The van der Waals surface area contributed by atoms with Crippen molar-refractivity contribution < 1.29 is 0 Å². The lowest BCUT2D eigenvalue weighted by molar-refractivity contribution is -0.112. The summed E-state index contributed by atoms with van der Waals surface area (Å²) in [4.78, 5) is 0. The van der Waals surface area contributed by atoms with Crippen LogP contribution in [-0.4, -0.2) is 0 Å². The summed E-state index contributed by atoms with van der Waals surface area (Å²) in [7, 11) is 0. The molecular formula is C15H28. The third kappa shape index (κ3) is 0.996. The van der Waals surface area contributed by atoms with Crippen LogP contribution in [0.4, 0.5) is 0 Å². The molecule has 0 aromatic rings. The molecule has 2 fully saturated rings. The third-order valence-electron chi connectivity index (χ3n) is 6.47. The van der Waals surface area contributed by atoms with Gasteiger partial charge in [0.25, 0.3) is 0 Å². The zero-order chi connectivity index (χ0) is 11.6. The summed E-state index contributed by atoms with van der Waals surface area (Å²) in [5.41, 5.74) is 1.80. The molecule has 2 aliphatic carbocycles. The molecule has 0 nitrogen and oxygen atoms in total. The van der Waals surface area contributed by atoms with E-state index in [1.165, 1.54) is 12.8 Å². The second-order valence-electron chi connectivity index (χ2n) is 7.38. The molecule has 5 atom stereocenters. The first kappa shape index (κ1) is 11.5. The zero-order valence-electron chi connectivity index (χ0n) is 11.6. The van der Waals surface area contributed by atoms with Crippen LogP contribution in [-0.2, 0) is 0 Å². The highest BCUT2D eigenvalue weighted by Gasteiger charge is 2.82. The predicted molar refractivity (Wildman–Crippen MR) is 66.7 cm³/mol. The molecule has 0 heteroatoms. The van der Waals surface area contributed by atoms with Crippen LogP contribution in [0.3, 0.4) is 0 Å². The third-order valence-corrected chi connectivity index (χ3v) is 6.47. The van der Waals surface area contributed by atoms with Crippen molar-refractivity contribution >= 4 is 0 Å². The summed E-state index contributed by atoms with van der Waals surface area (Å²) in [6, 6.07) is 0. The van der Waals surface area contributed by atoms with Crippen molar-refractivity contribution in [3.05, 3.63) is 0 Å². The fourth-order valence-corrected chi connectivity index (χ4v) is 5.28. The Morgan fingerprint density at radius 2 is 1.67 bits per heavy atom. The molecule has 2 aliphatic rings. The maximum atomic E-state index is 2.54. The van der Waals surface area contributed by atoms with Crippen molar-refractivity contribution in [3.63, 3.8) is 0 Å². The van der Waals surface area contributed by atoms with Crippen molar-refractivity contribution in [2.75, 3.05) is 0 Å². The van der Waals surface area contributed by atoms with Crippen LogP contribution in [0.2, 0.25) is 0 Å². The summed E-state index contributed by atoms with van der Waals surface area (Å²) in [5.74, 6) is 2.92. The Morgan fingerprint density at radius 1 is 1.13 bits per heavy atom. The summed E-state index contributed by atoms with van der Waals surface area (Å²) in [5, 5.41) is 0. The van der Waals surface area contributed by atoms with Crippen LogP contribution in [0.5, 0.6) is 0 Å². The van der Waals surface area contributed by atoms with Gasteiger partial charge in [0, 0.05) is 0 Å². The lowest BCUT2D eigenvalue weighted by atomic mass is 9.45. The van der Waals surface area contributed by atoms with Gasteiger partial charge < -0.3 is 0 Å². The van der Waals surface area contributed by atoms with Crippen LogP contribution in [0.1, 0.15) is 61.3 Å². The highest BCUT2D eigenvalue weighted by molar-refractivity contribution is 5.30. The first-order chi connectivity index (χ1) is 6.74. The monoisotopic (exact) mass is 208 g/mol. The fourth-order valence-electron chi connectivity index (χ4n) is 5.28. The Bertz CT molecular complexity index is 262. The molecule has 0 amide bonds. The first-order valence-electron chi connectivity index (χ1n) is 6.74. The van der Waals surface area contributed by atoms with Crippen molar-refractivity contribution in [2.45, 2.75) is 61.3 Å². The van der Waals surface area contributed by atoms with Gasteiger partial charge in [0.15, 0.2) is 0 Å². The van der Waals surface area contributed by atoms with E-state index < -0.39 is 0 Å². The van der Waals surface area contributed by atoms with Crippen LogP contribution in [0.25, 0.3) is 0 Å². The van der Waals surface area contributed by atoms with Gasteiger partial charge in [-0.3, -0.25) is 0 Å². The zero-order valence-corrected chi connectivity index (χ0v) is 11.6. The maximum Gasteiger partial charge on any atom is -0.0201 e. The molecule has 0 spiro atoms. The van der Waals surface area contributed by atoms with Crippen molar-refractivity contribution in [3.8, 4) is 0 Å².